The van der Waals surface area contributed by atoms with E-state index in [1.54, 1.807) is 13.2 Å². The molecule has 2 aromatic rings. The van der Waals surface area contributed by atoms with Gasteiger partial charge in [0.25, 0.3) is 0 Å². The largest absolute Gasteiger partial charge is 0.504 e. The maximum Gasteiger partial charge on any atom is 0.160 e. The molecule has 1 heterocycles. The summed E-state index contributed by atoms with van der Waals surface area (Å²) < 4.78 is 5.20. The van der Waals surface area contributed by atoms with E-state index in [1.165, 1.54) is 16.7 Å². The summed E-state index contributed by atoms with van der Waals surface area (Å²) >= 11 is 6.12. The van der Waals surface area contributed by atoms with E-state index in [4.69, 9.17) is 16.3 Å². The second-order valence-corrected chi connectivity index (χ2v) is 6.86. The molecule has 0 saturated heterocycles. The fourth-order valence-electron chi connectivity index (χ4n) is 3.50. The minimum Gasteiger partial charge on any atom is -0.504 e. The van der Waals surface area contributed by atoms with Crippen LogP contribution in [0.25, 0.3) is 0 Å². The average molecular weight is 346 g/mol. The minimum atomic E-state index is 0.195. The van der Waals surface area contributed by atoms with Crippen molar-refractivity contribution in [3.05, 3.63) is 58.1 Å². The predicted molar refractivity (Wildman–Crippen MR) is 97.8 cm³/mol. The highest BCUT2D eigenvalue weighted by Gasteiger charge is 2.24. The molecule has 0 aliphatic carbocycles. The molecular weight excluding hydrogens is 322 g/mol. The Labute approximate surface area is 148 Å². The fourth-order valence-corrected chi connectivity index (χ4v) is 3.70. The van der Waals surface area contributed by atoms with Gasteiger partial charge in [0.05, 0.1) is 7.11 Å². The van der Waals surface area contributed by atoms with Crippen LogP contribution in [0.4, 0.5) is 0 Å². The van der Waals surface area contributed by atoms with Crippen LogP contribution in [0.2, 0.25) is 5.02 Å². The molecule has 1 N–H and O–H groups in total. The number of fused-ring (bicyclic) bond motifs is 1. The van der Waals surface area contributed by atoms with E-state index in [0.29, 0.717) is 11.8 Å². The smallest absolute Gasteiger partial charge is 0.160 e. The highest BCUT2D eigenvalue weighted by Crippen LogP contribution is 2.30. The summed E-state index contributed by atoms with van der Waals surface area (Å²) in [4.78, 5) is 2.54. The van der Waals surface area contributed by atoms with Crippen LogP contribution in [0.1, 0.15) is 36.5 Å². The average Bonchev–Trinajstić information content (AvgIpc) is 2.99. The normalized spacial score (nSPS) is 15.3. The van der Waals surface area contributed by atoms with Gasteiger partial charge in [0, 0.05) is 24.2 Å². The monoisotopic (exact) mass is 345 g/mol. The number of hydrogen-bond donors (Lipinski definition) is 1. The van der Waals surface area contributed by atoms with Crippen molar-refractivity contribution in [3.63, 3.8) is 0 Å². The van der Waals surface area contributed by atoms with Gasteiger partial charge in [-0.1, -0.05) is 30.7 Å². The first kappa shape index (κ1) is 17.1. The summed E-state index contributed by atoms with van der Waals surface area (Å²) in [5.41, 5.74) is 3.94. The van der Waals surface area contributed by atoms with Gasteiger partial charge in [0.15, 0.2) is 11.5 Å². The number of nitrogens with zero attached hydrogens (tertiary/aromatic N) is 1. The molecule has 1 aliphatic rings. The number of benzene rings is 2. The number of methoxy groups -OCH3 is 1. The number of aromatic hydroxyl groups is 1. The summed E-state index contributed by atoms with van der Waals surface area (Å²) in [5, 5.41) is 10.5. The topological polar surface area (TPSA) is 32.7 Å². The number of phenols is 1. The van der Waals surface area contributed by atoms with Crippen LogP contribution in [-0.2, 0) is 19.5 Å². The van der Waals surface area contributed by atoms with Crippen LogP contribution in [0.5, 0.6) is 11.5 Å². The molecular formula is C20H24ClNO2. The zero-order valence-corrected chi connectivity index (χ0v) is 15.0. The Kier molecular flexibility index (Phi) is 5.32. The quantitative estimate of drug-likeness (QED) is 0.817. The van der Waals surface area contributed by atoms with Gasteiger partial charge in [-0.15, -0.1) is 0 Å². The van der Waals surface area contributed by atoms with E-state index in [2.05, 4.69) is 24.0 Å². The Bertz CT molecular complexity index is 717. The standard InChI is InChI=1S/C20H24ClNO2/c1-3-18(8-4-14-5-9-19(23)20(10-14)24-2)22-12-15-6-7-17(21)11-16(15)13-22/h5-7,9-11,18,23H,3-4,8,12-13H2,1-2H3/t18-/m1/s1. The first-order valence-corrected chi connectivity index (χ1v) is 8.85. The second-order valence-electron chi connectivity index (χ2n) is 6.42. The molecule has 128 valence electrons. The molecule has 0 spiro atoms. The van der Waals surface area contributed by atoms with E-state index in [-0.39, 0.29) is 5.75 Å². The van der Waals surface area contributed by atoms with Crippen LogP contribution < -0.4 is 4.74 Å². The zero-order valence-electron chi connectivity index (χ0n) is 14.3. The number of phenolic OH excluding ortho intramolecular Hbond substituents is 1. The van der Waals surface area contributed by atoms with E-state index in [1.807, 2.05) is 18.2 Å². The molecule has 4 heteroatoms. The highest BCUT2D eigenvalue weighted by atomic mass is 35.5. The van der Waals surface area contributed by atoms with Gasteiger partial charge >= 0.3 is 0 Å². The van der Waals surface area contributed by atoms with Gasteiger partial charge in [-0.05, 0) is 60.2 Å². The lowest BCUT2D eigenvalue weighted by molar-refractivity contribution is 0.183. The maximum atomic E-state index is 9.71. The summed E-state index contributed by atoms with van der Waals surface area (Å²) in [6, 6.07) is 12.4. The zero-order chi connectivity index (χ0) is 17.1. The molecule has 2 aromatic carbocycles. The maximum absolute atomic E-state index is 9.71. The Morgan fingerprint density at radius 3 is 2.71 bits per heavy atom. The number of rotatable bonds is 6. The van der Waals surface area contributed by atoms with Crippen LogP contribution >= 0.6 is 11.6 Å². The minimum absolute atomic E-state index is 0.195. The lowest BCUT2D eigenvalue weighted by Gasteiger charge is -2.26. The van der Waals surface area contributed by atoms with Gasteiger partial charge < -0.3 is 9.84 Å². The molecule has 0 fully saturated rings. The van der Waals surface area contributed by atoms with Gasteiger partial charge in [-0.2, -0.15) is 0 Å². The van der Waals surface area contributed by atoms with Crippen LogP contribution in [-0.4, -0.2) is 23.2 Å². The Morgan fingerprint density at radius 1 is 1.17 bits per heavy atom. The molecule has 24 heavy (non-hydrogen) atoms. The lowest BCUT2D eigenvalue weighted by atomic mass is 10.0. The van der Waals surface area contributed by atoms with Gasteiger partial charge in [0.1, 0.15) is 0 Å². The summed E-state index contributed by atoms with van der Waals surface area (Å²) in [7, 11) is 1.58. The Balaban J connectivity index is 1.64. The van der Waals surface area contributed by atoms with Crippen molar-refractivity contribution in [1.82, 2.24) is 4.90 Å². The third-order valence-corrected chi connectivity index (χ3v) is 5.15. The SMILES string of the molecule is CC[C@H](CCc1ccc(O)c(OC)c1)N1Cc2ccc(Cl)cc2C1. The summed E-state index contributed by atoms with van der Waals surface area (Å²) in [6.07, 6.45) is 3.19. The molecule has 0 radical (unpaired) electrons. The number of aryl methyl sites for hydroxylation is 1. The second kappa shape index (κ2) is 7.45. The fraction of sp³-hybridized carbons (Fsp3) is 0.400. The summed E-state index contributed by atoms with van der Waals surface area (Å²) in [6.45, 7) is 4.23. The first-order chi connectivity index (χ1) is 11.6. The number of halogens is 1. The van der Waals surface area contributed by atoms with E-state index < -0.39 is 0 Å². The van der Waals surface area contributed by atoms with Crippen LogP contribution in [0, 0.1) is 0 Å². The van der Waals surface area contributed by atoms with Crippen molar-refractivity contribution in [2.75, 3.05) is 7.11 Å². The molecule has 0 bridgehead atoms. The molecule has 0 unspecified atom stereocenters. The molecule has 0 amide bonds. The van der Waals surface area contributed by atoms with Gasteiger partial charge in [-0.25, -0.2) is 0 Å². The van der Waals surface area contributed by atoms with Crippen LogP contribution in [0.15, 0.2) is 36.4 Å². The molecule has 1 aliphatic heterocycles. The molecule has 0 aromatic heterocycles. The lowest BCUT2D eigenvalue weighted by Crippen LogP contribution is -2.30. The third kappa shape index (κ3) is 3.68. The molecule has 0 saturated carbocycles. The molecule has 3 nitrogen and oxygen atoms in total. The summed E-state index contributed by atoms with van der Waals surface area (Å²) in [5.74, 6) is 0.740. The van der Waals surface area contributed by atoms with Crippen molar-refractivity contribution in [3.8, 4) is 11.5 Å². The van der Waals surface area contributed by atoms with E-state index >= 15 is 0 Å². The molecule has 1 atom stereocenters. The van der Waals surface area contributed by atoms with Crippen molar-refractivity contribution < 1.29 is 9.84 Å². The van der Waals surface area contributed by atoms with Crippen LogP contribution in [0.3, 0.4) is 0 Å². The Hall–Kier alpha value is -1.71. The number of ether oxygens (including phenoxy) is 1. The van der Waals surface area contributed by atoms with E-state index in [9.17, 15) is 5.11 Å². The third-order valence-electron chi connectivity index (χ3n) is 4.91. The van der Waals surface area contributed by atoms with Crippen molar-refractivity contribution in [1.29, 1.82) is 0 Å². The van der Waals surface area contributed by atoms with Crippen molar-refractivity contribution in [2.45, 2.75) is 45.3 Å². The first-order valence-electron chi connectivity index (χ1n) is 8.48. The Morgan fingerprint density at radius 2 is 1.96 bits per heavy atom. The number of hydrogen-bond acceptors (Lipinski definition) is 3. The molecule has 3 rings (SSSR count). The predicted octanol–water partition coefficient (Wildman–Crippen LogP) is 4.78. The van der Waals surface area contributed by atoms with Gasteiger partial charge in [0.2, 0.25) is 0 Å². The van der Waals surface area contributed by atoms with Crippen molar-refractivity contribution in [2.24, 2.45) is 0 Å². The van der Waals surface area contributed by atoms with E-state index in [0.717, 1.165) is 37.4 Å². The highest BCUT2D eigenvalue weighted by molar-refractivity contribution is 6.30. The van der Waals surface area contributed by atoms with Gasteiger partial charge in [-0.3, -0.25) is 4.90 Å². The van der Waals surface area contributed by atoms with Crippen molar-refractivity contribution >= 4 is 11.6 Å².